The fourth-order valence-corrected chi connectivity index (χ4v) is 5.03. The quantitative estimate of drug-likeness (QED) is 0.314. The molecule has 6 rings (SSSR count). The second-order valence-electron chi connectivity index (χ2n) is 8.99. The van der Waals surface area contributed by atoms with Crippen molar-refractivity contribution in [3.63, 3.8) is 0 Å². The number of tetrazole rings is 1. The normalized spacial score (nSPS) is 14.4. The number of carbonyl (C=O) groups excluding carboxylic acids is 2. The Morgan fingerprint density at radius 3 is 2.82 bits per heavy atom. The summed E-state index contributed by atoms with van der Waals surface area (Å²) in [5, 5.41) is 15.4. The van der Waals surface area contributed by atoms with E-state index < -0.39 is 12.0 Å². The average molecular weight is 545 g/mol. The number of furan rings is 1. The van der Waals surface area contributed by atoms with Gasteiger partial charge in [0.1, 0.15) is 18.0 Å². The minimum atomic E-state index is -0.671. The molecule has 0 bridgehead atoms. The molecule has 1 amide bonds. The van der Waals surface area contributed by atoms with Crippen molar-refractivity contribution >= 4 is 40.1 Å². The number of fused-ring (bicyclic) bond motifs is 2. The Kier molecular flexibility index (Phi) is 6.20. The molecule has 0 fully saturated rings. The number of ether oxygens (including phenoxy) is 1. The van der Waals surface area contributed by atoms with Crippen molar-refractivity contribution in [3.8, 4) is 16.8 Å². The maximum Gasteiger partial charge on any atom is 0.374 e. The maximum atomic E-state index is 13.3. The highest BCUT2D eigenvalue weighted by Crippen LogP contribution is 2.33. The van der Waals surface area contributed by atoms with E-state index in [4.69, 9.17) is 20.8 Å². The lowest BCUT2D eigenvalue weighted by molar-refractivity contribution is -0.119. The molecule has 0 aliphatic carbocycles. The summed E-state index contributed by atoms with van der Waals surface area (Å²) >= 11 is 6.27. The number of aryl methyl sites for hydroxylation is 1. The van der Waals surface area contributed by atoms with Crippen molar-refractivity contribution in [1.29, 1.82) is 0 Å². The van der Waals surface area contributed by atoms with Crippen LogP contribution in [-0.2, 0) is 16.0 Å². The first-order chi connectivity index (χ1) is 18.9. The van der Waals surface area contributed by atoms with Crippen molar-refractivity contribution < 1.29 is 18.7 Å². The number of pyridine rings is 1. The average Bonchev–Trinajstić information content (AvgIpc) is 3.68. The van der Waals surface area contributed by atoms with Gasteiger partial charge in [-0.15, -0.1) is 5.10 Å². The summed E-state index contributed by atoms with van der Waals surface area (Å²) in [5.41, 5.74) is 3.47. The topological polar surface area (TPSA) is 134 Å². The highest BCUT2D eigenvalue weighted by molar-refractivity contribution is 6.31. The molecule has 12 heteroatoms. The molecule has 3 aromatic heterocycles. The number of anilines is 1. The monoisotopic (exact) mass is 544 g/mol. The summed E-state index contributed by atoms with van der Waals surface area (Å²) in [7, 11) is 0. The first-order valence-electron chi connectivity index (χ1n) is 12.2. The number of amides is 1. The van der Waals surface area contributed by atoms with Crippen LogP contribution in [0.3, 0.4) is 0 Å². The number of rotatable bonds is 6. The zero-order valence-electron chi connectivity index (χ0n) is 20.6. The lowest BCUT2D eigenvalue weighted by atomic mass is 10.0. The van der Waals surface area contributed by atoms with Gasteiger partial charge < -0.3 is 19.0 Å². The van der Waals surface area contributed by atoms with Crippen molar-refractivity contribution in [3.05, 3.63) is 87.8 Å². The summed E-state index contributed by atoms with van der Waals surface area (Å²) in [6.45, 7) is 1.95. The van der Waals surface area contributed by atoms with E-state index in [-0.39, 0.29) is 23.8 Å². The van der Waals surface area contributed by atoms with E-state index in [1.807, 2.05) is 6.07 Å². The standard InChI is InChI=1S/C27H21ClN6O5/c1-2-38-27(37)24-11-16-9-18(4-8-23(16)39-24)30-26(36)22-7-5-19-10-15(12-25(35)34(19)22)20-13-17(28)3-6-21(20)33-14-29-31-32-33/h3-4,6,8-14,22H,2,5,7H2,1H3,(H,30,36)/t22-/m0/s1. The van der Waals surface area contributed by atoms with Gasteiger partial charge in [0, 0.05) is 33.4 Å². The van der Waals surface area contributed by atoms with E-state index in [9.17, 15) is 14.4 Å². The zero-order chi connectivity index (χ0) is 27.1. The van der Waals surface area contributed by atoms with Crippen molar-refractivity contribution in [2.75, 3.05) is 11.9 Å². The first-order valence-corrected chi connectivity index (χ1v) is 12.6. The van der Waals surface area contributed by atoms with Gasteiger partial charge in [0.2, 0.25) is 11.7 Å². The summed E-state index contributed by atoms with van der Waals surface area (Å²) < 4.78 is 13.5. The van der Waals surface area contributed by atoms with E-state index in [0.29, 0.717) is 51.3 Å². The molecule has 0 radical (unpaired) electrons. The molecule has 0 spiro atoms. The number of nitrogens with one attached hydrogen (secondary N) is 1. The predicted molar refractivity (Wildman–Crippen MR) is 142 cm³/mol. The van der Waals surface area contributed by atoms with Gasteiger partial charge in [-0.3, -0.25) is 9.59 Å². The highest BCUT2D eigenvalue weighted by atomic mass is 35.5. The molecule has 2 aromatic carbocycles. The van der Waals surface area contributed by atoms with Crippen LogP contribution in [0.15, 0.2) is 70.1 Å². The number of hydrogen-bond acceptors (Lipinski definition) is 8. The van der Waals surface area contributed by atoms with Crippen LogP contribution in [0.25, 0.3) is 27.8 Å². The Hall–Kier alpha value is -4.77. The van der Waals surface area contributed by atoms with Crippen molar-refractivity contribution in [2.24, 2.45) is 0 Å². The Balaban J connectivity index is 1.27. The zero-order valence-corrected chi connectivity index (χ0v) is 21.4. The molecule has 1 aliphatic heterocycles. The van der Waals surface area contributed by atoms with Gasteiger partial charge in [0.05, 0.1) is 12.3 Å². The van der Waals surface area contributed by atoms with Gasteiger partial charge in [-0.2, -0.15) is 4.68 Å². The lowest BCUT2D eigenvalue weighted by Gasteiger charge is -2.16. The molecule has 0 saturated carbocycles. The Bertz CT molecular complexity index is 1790. The number of hydrogen-bond donors (Lipinski definition) is 1. The lowest BCUT2D eigenvalue weighted by Crippen LogP contribution is -2.31. The minimum Gasteiger partial charge on any atom is -0.460 e. The molecule has 1 N–H and O–H groups in total. The van der Waals surface area contributed by atoms with Gasteiger partial charge in [-0.25, -0.2) is 4.79 Å². The van der Waals surface area contributed by atoms with Crippen LogP contribution in [-0.4, -0.2) is 43.3 Å². The molecule has 0 saturated heterocycles. The third-order valence-electron chi connectivity index (χ3n) is 6.56. The van der Waals surface area contributed by atoms with Gasteiger partial charge >= 0.3 is 5.97 Å². The number of halogens is 1. The summed E-state index contributed by atoms with van der Waals surface area (Å²) in [4.78, 5) is 38.5. The number of esters is 1. The third kappa shape index (κ3) is 4.57. The third-order valence-corrected chi connectivity index (χ3v) is 6.80. The van der Waals surface area contributed by atoms with Gasteiger partial charge in [-0.1, -0.05) is 11.6 Å². The second kappa shape index (κ2) is 9.84. The van der Waals surface area contributed by atoms with Crippen LogP contribution in [0.4, 0.5) is 5.69 Å². The van der Waals surface area contributed by atoms with E-state index in [1.165, 1.54) is 21.6 Å². The number of carbonyl (C=O) groups is 2. The van der Waals surface area contributed by atoms with E-state index in [2.05, 4.69) is 20.8 Å². The summed E-state index contributed by atoms with van der Waals surface area (Å²) in [6.07, 6.45) is 2.48. The Morgan fingerprint density at radius 1 is 1.15 bits per heavy atom. The molecule has 5 aromatic rings. The molecule has 39 heavy (non-hydrogen) atoms. The summed E-state index contributed by atoms with van der Waals surface area (Å²) in [5.74, 6) is -0.775. The van der Waals surface area contributed by atoms with E-state index in [1.54, 1.807) is 49.4 Å². The highest BCUT2D eigenvalue weighted by Gasteiger charge is 2.30. The van der Waals surface area contributed by atoms with E-state index >= 15 is 0 Å². The molecule has 1 atom stereocenters. The van der Waals surface area contributed by atoms with Gasteiger partial charge in [0.25, 0.3) is 5.56 Å². The fourth-order valence-electron chi connectivity index (χ4n) is 4.86. The van der Waals surface area contributed by atoms with Crippen LogP contribution in [0.1, 0.15) is 35.6 Å². The van der Waals surface area contributed by atoms with Crippen molar-refractivity contribution in [2.45, 2.75) is 25.8 Å². The maximum absolute atomic E-state index is 13.3. The fraction of sp³-hybridized carbons (Fsp3) is 0.185. The molecule has 11 nitrogen and oxygen atoms in total. The van der Waals surface area contributed by atoms with Crippen LogP contribution < -0.4 is 10.9 Å². The number of benzene rings is 2. The Morgan fingerprint density at radius 2 is 2.03 bits per heavy atom. The number of nitrogens with zero attached hydrogens (tertiary/aromatic N) is 5. The predicted octanol–water partition coefficient (Wildman–Crippen LogP) is 4.19. The largest absolute Gasteiger partial charge is 0.460 e. The van der Waals surface area contributed by atoms with E-state index in [0.717, 1.165) is 5.69 Å². The second-order valence-corrected chi connectivity index (χ2v) is 9.42. The number of aromatic nitrogens is 5. The first kappa shape index (κ1) is 24.6. The smallest absolute Gasteiger partial charge is 0.374 e. The SMILES string of the molecule is CCOC(=O)c1cc2cc(NC(=O)[C@@H]3CCc4cc(-c5cc(Cl)ccc5-n5cnnn5)cc(=O)n43)ccc2o1. The molecular weight excluding hydrogens is 524 g/mol. The van der Waals surface area contributed by atoms with Crippen LogP contribution >= 0.6 is 11.6 Å². The molecule has 4 heterocycles. The van der Waals surface area contributed by atoms with Crippen LogP contribution in [0, 0.1) is 0 Å². The van der Waals surface area contributed by atoms with Crippen molar-refractivity contribution in [1.82, 2.24) is 24.8 Å². The minimum absolute atomic E-state index is 0.0883. The van der Waals surface area contributed by atoms with Gasteiger partial charge in [-0.05, 0) is 84.3 Å². The molecule has 1 aliphatic rings. The molecular formula is C27H21ClN6O5. The molecule has 196 valence electrons. The molecule has 0 unspecified atom stereocenters. The van der Waals surface area contributed by atoms with Crippen LogP contribution in [0.2, 0.25) is 5.02 Å². The Labute approximate surface area is 225 Å². The summed E-state index contributed by atoms with van der Waals surface area (Å²) in [6, 6.07) is 14.6. The van der Waals surface area contributed by atoms with Crippen LogP contribution in [0.5, 0.6) is 0 Å². The van der Waals surface area contributed by atoms with Gasteiger partial charge in [0.15, 0.2) is 0 Å².